The Bertz CT molecular complexity index is 374. The number of rotatable bonds is 3. The number of carbonyl (C=O) groups excluding carboxylic acids is 1. The zero-order valence-electron chi connectivity index (χ0n) is 7.71. The van der Waals surface area contributed by atoms with Crippen LogP contribution in [0.25, 0.3) is 0 Å². The van der Waals surface area contributed by atoms with E-state index in [0.29, 0.717) is 0 Å². The summed E-state index contributed by atoms with van der Waals surface area (Å²) < 4.78 is 29.1. The maximum atomic E-state index is 12.3. The highest BCUT2D eigenvalue weighted by Crippen LogP contribution is 2.18. The maximum absolute atomic E-state index is 12.3. The van der Waals surface area contributed by atoms with Crippen molar-refractivity contribution in [3.63, 3.8) is 0 Å². The number of aromatic nitrogens is 2. The second kappa shape index (κ2) is 4.97. The first-order chi connectivity index (χ1) is 7.04. The number of carbonyl (C=O) groups is 1. The normalized spacial score (nSPS) is 10.5. The van der Waals surface area contributed by atoms with Crippen molar-refractivity contribution < 1.29 is 18.3 Å². The van der Waals surface area contributed by atoms with Crippen molar-refractivity contribution in [1.29, 1.82) is 0 Å². The molecule has 7 heteroatoms. The van der Waals surface area contributed by atoms with Crippen LogP contribution in [0.5, 0.6) is 0 Å². The number of nitrogens with zero attached hydrogens (tertiary/aromatic N) is 2. The topological polar surface area (TPSA) is 52.1 Å². The summed E-state index contributed by atoms with van der Waals surface area (Å²) in [5, 5.41) is -0.407. The van der Waals surface area contributed by atoms with Crippen LogP contribution in [0.1, 0.15) is 29.5 Å². The van der Waals surface area contributed by atoms with Gasteiger partial charge in [-0.3, -0.25) is 0 Å². The van der Waals surface area contributed by atoms with Gasteiger partial charge >= 0.3 is 5.97 Å². The minimum atomic E-state index is -2.81. The van der Waals surface area contributed by atoms with Crippen molar-refractivity contribution in [2.24, 2.45) is 0 Å². The standard InChI is InChI=1S/C8H7ClF2N2O2/c1-2-15-7(14)5-3-4(6(10)11)12-8(9)13-5/h3,6H,2H2,1H3. The Morgan fingerprint density at radius 1 is 1.60 bits per heavy atom. The third-order valence-electron chi connectivity index (χ3n) is 1.43. The van der Waals surface area contributed by atoms with E-state index in [1.54, 1.807) is 6.92 Å². The van der Waals surface area contributed by atoms with E-state index < -0.39 is 23.4 Å². The molecule has 0 saturated carbocycles. The number of hydrogen-bond acceptors (Lipinski definition) is 4. The molecule has 0 aromatic carbocycles. The maximum Gasteiger partial charge on any atom is 0.357 e. The fraction of sp³-hybridized carbons (Fsp3) is 0.375. The summed E-state index contributed by atoms with van der Waals surface area (Å²) >= 11 is 5.37. The van der Waals surface area contributed by atoms with Gasteiger partial charge in [0.1, 0.15) is 5.69 Å². The average molecular weight is 237 g/mol. The molecule has 15 heavy (non-hydrogen) atoms. The van der Waals surface area contributed by atoms with Crippen molar-refractivity contribution in [1.82, 2.24) is 9.97 Å². The van der Waals surface area contributed by atoms with Crippen molar-refractivity contribution in [2.75, 3.05) is 6.61 Å². The third-order valence-corrected chi connectivity index (χ3v) is 1.60. The molecule has 1 aromatic heterocycles. The lowest BCUT2D eigenvalue weighted by Crippen LogP contribution is -2.09. The molecule has 0 aliphatic rings. The molecule has 0 spiro atoms. The molecule has 0 amide bonds. The molecular formula is C8H7ClF2N2O2. The molecule has 0 aliphatic heterocycles. The van der Waals surface area contributed by atoms with E-state index in [1.165, 1.54) is 0 Å². The van der Waals surface area contributed by atoms with Gasteiger partial charge in [0.2, 0.25) is 5.28 Å². The Morgan fingerprint density at radius 3 is 2.80 bits per heavy atom. The van der Waals surface area contributed by atoms with E-state index in [4.69, 9.17) is 11.6 Å². The average Bonchev–Trinajstić information content (AvgIpc) is 2.17. The van der Waals surface area contributed by atoms with Crippen LogP contribution in [-0.2, 0) is 4.74 Å². The first-order valence-corrected chi connectivity index (χ1v) is 4.42. The van der Waals surface area contributed by atoms with Crippen LogP contribution >= 0.6 is 11.6 Å². The first kappa shape index (κ1) is 11.8. The number of esters is 1. The highest BCUT2D eigenvalue weighted by Gasteiger charge is 2.16. The highest BCUT2D eigenvalue weighted by molar-refractivity contribution is 6.28. The Hall–Kier alpha value is -1.30. The summed E-state index contributed by atoms with van der Waals surface area (Å²) in [4.78, 5) is 17.9. The van der Waals surface area contributed by atoms with Crippen molar-refractivity contribution >= 4 is 17.6 Å². The monoisotopic (exact) mass is 236 g/mol. The smallest absolute Gasteiger partial charge is 0.357 e. The van der Waals surface area contributed by atoms with Gasteiger partial charge in [-0.15, -0.1) is 0 Å². The van der Waals surface area contributed by atoms with Crippen molar-refractivity contribution in [3.8, 4) is 0 Å². The molecule has 0 aliphatic carbocycles. The molecule has 0 saturated heterocycles. The zero-order valence-corrected chi connectivity index (χ0v) is 8.46. The minimum absolute atomic E-state index is 0.129. The second-order valence-corrected chi connectivity index (χ2v) is 2.81. The van der Waals surface area contributed by atoms with Crippen molar-refractivity contribution in [3.05, 3.63) is 22.7 Å². The molecule has 0 radical (unpaired) electrons. The number of hydrogen-bond donors (Lipinski definition) is 0. The Morgan fingerprint density at radius 2 is 2.27 bits per heavy atom. The largest absolute Gasteiger partial charge is 0.461 e. The molecule has 1 aromatic rings. The van der Waals surface area contributed by atoms with Crippen molar-refractivity contribution in [2.45, 2.75) is 13.3 Å². The van der Waals surface area contributed by atoms with Gasteiger partial charge < -0.3 is 4.74 Å². The van der Waals surface area contributed by atoms with Gasteiger partial charge in [0, 0.05) is 0 Å². The van der Waals surface area contributed by atoms with E-state index in [1.807, 2.05) is 0 Å². The lowest BCUT2D eigenvalue weighted by molar-refractivity contribution is 0.0518. The zero-order chi connectivity index (χ0) is 11.4. The van der Waals surface area contributed by atoms with E-state index in [0.717, 1.165) is 6.07 Å². The second-order valence-electron chi connectivity index (χ2n) is 2.47. The quantitative estimate of drug-likeness (QED) is 0.597. The fourth-order valence-corrected chi connectivity index (χ4v) is 1.05. The molecule has 0 bridgehead atoms. The van der Waals surface area contributed by atoms with Crippen LogP contribution in [-0.4, -0.2) is 22.5 Å². The van der Waals surface area contributed by atoms with Gasteiger partial charge in [0.25, 0.3) is 6.43 Å². The van der Waals surface area contributed by atoms with Crippen LogP contribution in [0.3, 0.4) is 0 Å². The predicted octanol–water partition coefficient (Wildman–Crippen LogP) is 2.24. The lowest BCUT2D eigenvalue weighted by atomic mass is 10.3. The molecular weight excluding hydrogens is 230 g/mol. The van der Waals surface area contributed by atoms with Crippen LogP contribution in [0.15, 0.2) is 6.07 Å². The van der Waals surface area contributed by atoms with Gasteiger partial charge in [-0.05, 0) is 24.6 Å². The van der Waals surface area contributed by atoms with Gasteiger partial charge in [-0.1, -0.05) is 0 Å². The summed E-state index contributed by atoms with van der Waals surface area (Å²) in [6, 6.07) is 0.856. The van der Waals surface area contributed by atoms with Crippen LogP contribution in [0.4, 0.5) is 8.78 Å². The Kier molecular flexibility index (Phi) is 3.90. The van der Waals surface area contributed by atoms with Gasteiger partial charge in [0.05, 0.1) is 6.61 Å². The van der Waals surface area contributed by atoms with E-state index >= 15 is 0 Å². The summed E-state index contributed by atoms with van der Waals surface area (Å²) in [6.45, 7) is 1.72. The number of halogens is 3. The SMILES string of the molecule is CCOC(=O)c1cc(C(F)F)nc(Cl)n1. The number of alkyl halides is 2. The lowest BCUT2D eigenvalue weighted by Gasteiger charge is -2.03. The summed E-state index contributed by atoms with van der Waals surface area (Å²) in [6.07, 6.45) is -2.81. The molecule has 1 heterocycles. The summed E-state index contributed by atoms with van der Waals surface area (Å²) in [5.74, 6) is -0.802. The van der Waals surface area contributed by atoms with Gasteiger partial charge in [0.15, 0.2) is 5.69 Å². The van der Waals surface area contributed by atoms with E-state index in [-0.39, 0.29) is 12.3 Å². The minimum Gasteiger partial charge on any atom is -0.461 e. The van der Waals surface area contributed by atoms with Gasteiger partial charge in [-0.25, -0.2) is 23.5 Å². The van der Waals surface area contributed by atoms with Crippen LogP contribution in [0.2, 0.25) is 5.28 Å². The molecule has 82 valence electrons. The van der Waals surface area contributed by atoms with Crippen LogP contribution < -0.4 is 0 Å². The third kappa shape index (κ3) is 3.09. The van der Waals surface area contributed by atoms with Crippen LogP contribution in [0, 0.1) is 0 Å². The summed E-state index contributed by atoms with van der Waals surface area (Å²) in [5.41, 5.74) is -0.870. The molecule has 1 rings (SSSR count). The fourth-order valence-electron chi connectivity index (χ4n) is 0.857. The van der Waals surface area contributed by atoms with E-state index in [9.17, 15) is 13.6 Å². The molecule has 0 N–H and O–H groups in total. The van der Waals surface area contributed by atoms with Gasteiger partial charge in [-0.2, -0.15) is 0 Å². The highest BCUT2D eigenvalue weighted by atomic mass is 35.5. The summed E-state index contributed by atoms with van der Waals surface area (Å²) in [7, 11) is 0. The Balaban J connectivity index is 3.03. The van der Waals surface area contributed by atoms with E-state index in [2.05, 4.69) is 14.7 Å². The molecule has 0 unspecified atom stereocenters. The predicted molar refractivity (Wildman–Crippen MR) is 48.0 cm³/mol. The molecule has 0 atom stereocenters. The molecule has 4 nitrogen and oxygen atoms in total. The first-order valence-electron chi connectivity index (χ1n) is 4.04. The number of ether oxygens (including phenoxy) is 1. The Labute approximate surface area is 89.2 Å². The molecule has 0 fully saturated rings.